The van der Waals surface area contributed by atoms with E-state index in [0.717, 1.165) is 54.3 Å². The highest BCUT2D eigenvalue weighted by Crippen LogP contribution is 2.26. The van der Waals surface area contributed by atoms with Crippen molar-refractivity contribution in [1.82, 2.24) is 15.1 Å². The molecule has 1 aliphatic rings. The van der Waals surface area contributed by atoms with Crippen LogP contribution in [0.2, 0.25) is 0 Å². The van der Waals surface area contributed by atoms with Gasteiger partial charge in [0.2, 0.25) is 0 Å². The fourth-order valence-corrected chi connectivity index (χ4v) is 3.50. The molecule has 1 aromatic heterocycles. The molecule has 0 fully saturated rings. The minimum absolute atomic E-state index is 0.0566. The van der Waals surface area contributed by atoms with E-state index < -0.39 is 0 Å². The first-order chi connectivity index (χ1) is 11.5. The van der Waals surface area contributed by atoms with E-state index in [1.165, 1.54) is 0 Å². The predicted octanol–water partition coefficient (Wildman–Crippen LogP) is 3.34. The maximum atomic E-state index is 12.6. The molecule has 0 saturated heterocycles. The first-order valence-corrected chi connectivity index (χ1v) is 8.61. The molecule has 1 atom stereocenters. The van der Waals surface area contributed by atoms with Crippen LogP contribution in [0.5, 0.6) is 5.75 Å². The Labute approximate surface area is 143 Å². The molecular formula is C19H25N3O2. The van der Waals surface area contributed by atoms with Crippen LogP contribution in [0.1, 0.15) is 59.2 Å². The summed E-state index contributed by atoms with van der Waals surface area (Å²) in [5.41, 5.74) is 4.99. The number of nitrogens with one attached hydrogen (secondary N) is 1. The first-order valence-electron chi connectivity index (χ1n) is 8.61. The molecule has 0 unspecified atom stereocenters. The zero-order valence-electron chi connectivity index (χ0n) is 14.8. The summed E-state index contributed by atoms with van der Waals surface area (Å²) in [6.07, 6.45) is 1.97. The largest absolute Gasteiger partial charge is 0.493 e. The average molecular weight is 327 g/mol. The number of aromatic nitrogens is 2. The quantitative estimate of drug-likeness (QED) is 0.937. The fraction of sp³-hybridized carbons (Fsp3) is 0.474. The maximum absolute atomic E-state index is 12.6. The second kappa shape index (κ2) is 6.67. The third-order valence-corrected chi connectivity index (χ3v) is 4.69. The van der Waals surface area contributed by atoms with Gasteiger partial charge >= 0.3 is 0 Å². The van der Waals surface area contributed by atoms with Crippen molar-refractivity contribution in [3.63, 3.8) is 0 Å². The SMILES string of the molecule is CCn1nc(C)c([C@H](C)NC(=O)c2ccc3c(c2)CCCO3)c1C. The maximum Gasteiger partial charge on any atom is 0.251 e. The van der Waals surface area contributed by atoms with Crippen molar-refractivity contribution in [2.45, 2.75) is 53.1 Å². The number of carbonyl (C=O) groups is 1. The number of nitrogens with zero attached hydrogens (tertiary/aromatic N) is 2. The molecule has 0 radical (unpaired) electrons. The van der Waals surface area contributed by atoms with E-state index in [2.05, 4.69) is 24.3 Å². The Morgan fingerprint density at radius 2 is 2.21 bits per heavy atom. The van der Waals surface area contributed by atoms with Crippen LogP contribution in [0.3, 0.4) is 0 Å². The molecule has 128 valence electrons. The van der Waals surface area contributed by atoms with Crippen molar-refractivity contribution in [3.05, 3.63) is 46.3 Å². The molecule has 0 saturated carbocycles. The summed E-state index contributed by atoms with van der Waals surface area (Å²) in [4.78, 5) is 12.6. The second-order valence-electron chi connectivity index (χ2n) is 6.37. The Balaban J connectivity index is 1.78. The van der Waals surface area contributed by atoms with Gasteiger partial charge in [-0.05, 0) is 64.3 Å². The van der Waals surface area contributed by atoms with Crippen molar-refractivity contribution in [2.75, 3.05) is 6.61 Å². The third-order valence-electron chi connectivity index (χ3n) is 4.69. The van der Waals surface area contributed by atoms with Gasteiger partial charge in [0.1, 0.15) is 5.75 Å². The van der Waals surface area contributed by atoms with Crippen LogP contribution in [-0.4, -0.2) is 22.3 Å². The van der Waals surface area contributed by atoms with Gasteiger partial charge in [-0.2, -0.15) is 5.10 Å². The number of hydrogen-bond acceptors (Lipinski definition) is 3. The second-order valence-corrected chi connectivity index (χ2v) is 6.37. The molecule has 5 nitrogen and oxygen atoms in total. The Kier molecular flexibility index (Phi) is 4.60. The number of rotatable bonds is 4. The molecule has 2 aromatic rings. The molecule has 5 heteroatoms. The van der Waals surface area contributed by atoms with Gasteiger partial charge in [-0.25, -0.2) is 0 Å². The van der Waals surface area contributed by atoms with E-state index in [1.54, 1.807) is 0 Å². The fourth-order valence-electron chi connectivity index (χ4n) is 3.50. The van der Waals surface area contributed by atoms with Gasteiger partial charge in [0, 0.05) is 23.4 Å². The summed E-state index contributed by atoms with van der Waals surface area (Å²) in [5.74, 6) is 0.848. The number of ether oxygens (including phenoxy) is 1. The zero-order valence-corrected chi connectivity index (χ0v) is 14.8. The molecular weight excluding hydrogens is 302 g/mol. The van der Waals surface area contributed by atoms with Crippen LogP contribution in [0.25, 0.3) is 0 Å². The van der Waals surface area contributed by atoms with E-state index in [1.807, 2.05) is 36.7 Å². The van der Waals surface area contributed by atoms with Crippen molar-refractivity contribution >= 4 is 5.91 Å². The Morgan fingerprint density at radius 3 is 2.92 bits per heavy atom. The Bertz CT molecular complexity index is 764. The molecule has 24 heavy (non-hydrogen) atoms. The Hall–Kier alpha value is -2.30. The molecule has 0 bridgehead atoms. The minimum atomic E-state index is -0.0786. The topological polar surface area (TPSA) is 56.2 Å². The molecule has 0 aliphatic carbocycles. The van der Waals surface area contributed by atoms with Gasteiger partial charge in [-0.3, -0.25) is 9.48 Å². The predicted molar refractivity (Wildman–Crippen MR) is 93.5 cm³/mol. The molecule has 1 N–H and O–H groups in total. The van der Waals surface area contributed by atoms with Crippen LogP contribution in [0.4, 0.5) is 0 Å². The lowest BCUT2D eigenvalue weighted by molar-refractivity contribution is 0.0939. The van der Waals surface area contributed by atoms with Gasteiger partial charge in [-0.1, -0.05) is 0 Å². The average Bonchev–Trinajstić information content (AvgIpc) is 2.88. The number of fused-ring (bicyclic) bond motifs is 1. The van der Waals surface area contributed by atoms with Gasteiger partial charge in [0.25, 0.3) is 5.91 Å². The Morgan fingerprint density at radius 1 is 1.42 bits per heavy atom. The van der Waals surface area contributed by atoms with E-state index in [9.17, 15) is 4.79 Å². The number of benzene rings is 1. The van der Waals surface area contributed by atoms with Gasteiger partial charge in [0.05, 0.1) is 18.3 Å². The van der Waals surface area contributed by atoms with Crippen LogP contribution in [-0.2, 0) is 13.0 Å². The van der Waals surface area contributed by atoms with Crippen molar-refractivity contribution < 1.29 is 9.53 Å². The molecule has 1 aliphatic heterocycles. The van der Waals surface area contributed by atoms with E-state index in [0.29, 0.717) is 5.56 Å². The molecule has 1 amide bonds. The highest BCUT2D eigenvalue weighted by molar-refractivity contribution is 5.94. The third kappa shape index (κ3) is 3.03. The summed E-state index contributed by atoms with van der Waals surface area (Å²) < 4.78 is 7.59. The smallest absolute Gasteiger partial charge is 0.251 e. The summed E-state index contributed by atoms with van der Waals surface area (Å²) in [7, 11) is 0. The first kappa shape index (κ1) is 16.6. The summed E-state index contributed by atoms with van der Waals surface area (Å²) in [6, 6.07) is 5.61. The molecule has 0 spiro atoms. The van der Waals surface area contributed by atoms with E-state index in [4.69, 9.17) is 4.74 Å². The lowest BCUT2D eigenvalue weighted by Gasteiger charge is -2.19. The molecule has 1 aromatic carbocycles. The molecule has 2 heterocycles. The highest BCUT2D eigenvalue weighted by Gasteiger charge is 2.20. The van der Waals surface area contributed by atoms with Gasteiger partial charge in [0.15, 0.2) is 0 Å². The van der Waals surface area contributed by atoms with Crippen molar-refractivity contribution in [1.29, 1.82) is 0 Å². The minimum Gasteiger partial charge on any atom is -0.493 e. The zero-order chi connectivity index (χ0) is 17.3. The summed E-state index contributed by atoms with van der Waals surface area (Å²) in [5, 5.41) is 7.64. The van der Waals surface area contributed by atoms with Gasteiger partial charge < -0.3 is 10.1 Å². The van der Waals surface area contributed by atoms with E-state index in [-0.39, 0.29) is 11.9 Å². The van der Waals surface area contributed by atoms with Crippen molar-refractivity contribution in [3.8, 4) is 5.75 Å². The van der Waals surface area contributed by atoms with Crippen LogP contribution >= 0.6 is 0 Å². The number of carbonyl (C=O) groups excluding carboxylic acids is 1. The van der Waals surface area contributed by atoms with Crippen LogP contribution in [0, 0.1) is 13.8 Å². The lowest BCUT2D eigenvalue weighted by Crippen LogP contribution is -2.27. The van der Waals surface area contributed by atoms with E-state index >= 15 is 0 Å². The summed E-state index contributed by atoms with van der Waals surface area (Å²) in [6.45, 7) is 9.72. The molecule has 3 rings (SSSR count). The lowest BCUT2D eigenvalue weighted by atomic mass is 10.0. The van der Waals surface area contributed by atoms with Crippen molar-refractivity contribution in [2.24, 2.45) is 0 Å². The normalized spacial score (nSPS) is 14.7. The standard InChI is InChI=1S/C19H25N3O2/c1-5-22-14(4)18(13(3)21-22)12(2)20-19(23)16-8-9-17-15(11-16)7-6-10-24-17/h8-9,11-12H,5-7,10H2,1-4H3,(H,20,23)/t12-/m0/s1. The van der Waals surface area contributed by atoms with Gasteiger partial charge in [-0.15, -0.1) is 0 Å². The number of hydrogen-bond donors (Lipinski definition) is 1. The number of amides is 1. The van der Waals surface area contributed by atoms with Crippen LogP contribution in [0.15, 0.2) is 18.2 Å². The van der Waals surface area contributed by atoms with Crippen LogP contribution < -0.4 is 10.1 Å². The number of aryl methyl sites for hydroxylation is 3. The monoisotopic (exact) mass is 327 g/mol. The summed E-state index contributed by atoms with van der Waals surface area (Å²) >= 11 is 0. The highest BCUT2D eigenvalue weighted by atomic mass is 16.5.